The molecule has 20 heteroatoms. The van der Waals surface area contributed by atoms with Crippen LogP contribution in [0.5, 0.6) is 11.5 Å². The number of nitrogens with zero attached hydrogens (tertiary/aromatic N) is 5. The molecule has 5 amide bonds. The van der Waals surface area contributed by atoms with Crippen LogP contribution in [-0.4, -0.2) is 129 Å². The van der Waals surface area contributed by atoms with Gasteiger partial charge in [0.1, 0.15) is 18.7 Å². The molecule has 20 nitrogen and oxygen atoms in total. The van der Waals surface area contributed by atoms with Gasteiger partial charge in [0.25, 0.3) is 5.91 Å². The van der Waals surface area contributed by atoms with Crippen molar-refractivity contribution < 1.29 is 57.9 Å². The number of aromatic hydroxyl groups is 1. The highest BCUT2D eigenvalue weighted by atomic mass is 16.6. The van der Waals surface area contributed by atoms with E-state index in [0.29, 0.717) is 43.3 Å². The molecule has 1 unspecified atom stereocenters. The molecule has 308 valence electrons. The second-order valence-corrected chi connectivity index (χ2v) is 13.1. The van der Waals surface area contributed by atoms with Gasteiger partial charge in [0, 0.05) is 36.2 Å². The maximum Gasteiger partial charge on any atom is 0.416 e. The quantitative estimate of drug-likeness (QED) is 0.0425. The number of ether oxygens (including phenoxy) is 5. The number of carbonyl (C=O) groups excluding carboxylic acids is 5. The van der Waals surface area contributed by atoms with E-state index in [1.54, 1.807) is 24.3 Å². The maximum absolute atomic E-state index is 13.5. The number of aliphatic hydroxyl groups excluding tert-OH is 1. The first-order chi connectivity index (χ1) is 27.3. The summed E-state index contributed by atoms with van der Waals surface area (Å²) in [5, 5.41) is 33.0. The molecular formula is C37H48N8O12. The van der Waals surface area contributed by atoms with Crippen LogP contribution in [0.2, 0.25) is 0 Å². The first kappa shape index (κ1) is 43.8. The average Bonchev–Trinajstić information content (AvgIpc) is 3.56. The number of methoxy groups -OCH3 is 1. The molecule has 2 heterocycles. The molecule has 5 N–H and O–H groups in total. The van der Waals surface area contributed by atoms with Crippen molar-refractivity contribution in [3.05, 3.63) is 70.1 Å². The molecule has 0 radical (unpaired) electrons. The van der Waals surface area contributed by atoms with Crippen LogP contribution in [0.15, 0.2) is 53.7 Å². The van der Waals surface area contributed by atoms with E-state index in [-0.39, 0.29) is 68.5 Å². The summed E-state index contributed by atoms with van der Waals surface area (Å²) in [5.41, 5.74) is 9.80. The average molecular weight is 797 g/mol. The molecule has 0 aromatic heterocycles. The molecule has 0 aliphatic carbocycles. The number of rotatable bonds is 20. The van der Waals surface area contributed by atoms with Gasteiger partial charge in [0.2, 0.25) is 17.7 Å². The van der Waals surface area contributed by atoms with Gasteiger partial charge in [-0.1, -0.05) is 29.4 Å². The fraction of sp³-hybridized carbons (Fsp3) is 0.486. The first-order valence-electron chi connectivity index (χ1n) is 18.1. The second kappa shape index (κ2) is 21.4. The van der Waals surface area contributed by atoms with E-state index in [1.165, 1.54) is 38.0 Å². The van der Waals surface area contributed by atoms with Crippen molar-refractivity contribution in [2.24, 2.45) is 5.11 Å². The standard InChI is InChI=1S/C37H48N8O12/c1-22-17-29-36(51)45(28-19-30(46)31(53-4)18-27(28)35(50)44(29)20-22)37(52)57-21-25-5-7-26(8-6-25)42-34(49)24(3)41-33(48)23(2)40-32(47)9-11-54-13-15-56-16-14-55-12-10-39-43-38/h5-8,18-19,23-24,29,36,46,51H,1,9-17,20-21H2,2-4H3,(H,40,47)(H,41,48)(H,42,49)/t23-,24-,29-,36?/m0/s1. The third kappa shape index (κ3) is 12.3. The highest BCUT2D eigenvalue weighted by Crippen LogP contribution is 2.41. The van der Waals surface area contributed by atoms with Gasteiger partial charge in [-0.25, -0.2) is 9.69 Å². The third-order valence-corrected chi connectivity index (χ3v) is 8.87. The minimum atomic E-state index is -1.51. The van der Waals surface area contributed by atoms with Gasteiger partial charge in [-0.3, -0.25) is 19.2 Å². The van der Waals surface area contributed by atoms with E-state index in [4.69, 9.17) is 29.2 Å². The molecule has 0 spiro atoms. The molecule has 2 aliphatic heterocycles. The van der Waals surface area contributed by atoms with Crippen molar-refractivity contribution in [2.75, 3.05) is 70.1 Å². The number of hydrogen-bond acceptors (Lipinski definition) is 13. The Bertz CT molecular complexity index is 1820. The number of hydrogen-bond donors (Lipinski definition) is 5. The summed E-state index contributed by atoms with van der Waals surface area (Å²) in [5.74, 6) is -2.30. The van der Waals surface area contributed by atoms with Gasteiger partial charge >= 0.3 is 6.09 Å². The molecule has 4 rings (SSSR count). The Labute approximate surface area is 328 Å². The number of fused-ring (bicyclic) bond motifs is 2. The van der Waals surface area contributed by atoms with Gasteiger partial charge in [0.05, 0.1) is 64.0 Å². The number of carbonyl (C=O) groups is 5. The Morgan fingerprint density at radius 1 is 0.982 bits per heavy atom. The molecule has 0 saturated carbocycles. The number of phenolic OH excluding ortho intramolecular Hbond substituents is 1. The van der Waals surface area contributed by atoms with Crippen LogP contribution in [0, 0.1) is 0 Å². The van der Waals surface area contributed by atoms with Gasteiger partial charge in [-0.05, 0) is 49.6 Å². The van der Waals surface area contributed by atoms with E-state index in [9.17, 15) is 34.2 Å². The Balaban J connectivity index is 1.19. The number of amides is 5. The van der Waals surface area contributed by atoms with E-state index < -0.39 is 54.1 Å². The number of anilines is 2. The molecule has 4 atom stereocenters. The summed E-state index contributed by atoms with van der Waals surface area (Å²) in [4.78, 5) is 69.7. The topological polar surface area (TPSA) is 263 Å². The molecular weight excluding hydrogens is 748 g/mol. The van der Waals surface area contributed by atoms with Crippen LogP contribution in [0.25, 0.3) is 10.4 Å². The smallest absolute Gasteiger partial charge is 0.416 e. The van der Waals surface area contributed by atoms with Crippen LogP contribution in [0.3, 0.4) is 0 Å². The zero-order chi connectivity index (χ0) is 41.5. The van der Waals surface area contributed by atoms with Crippen molar-refractivity contribution in [2.45, 2.75) is 57.6 Å². The Morgan fingerprint density at radius 2 is 1.63 bits per heavy atom. The maximum atomic E-state index is 13.5. The largest absolute Gasteiger partial charge is 0.504 e. The van der Waals surface area contributed by atoms with Crippen LogP contribution in [0.4, 0.5) is 16.2 Å². The summed E-state index contributed by atoms with van der Waals surface area (Å²) in [6.07, 6.45) is -2.21. The lowest BCUT2D eigenvalue weighted by molar-refractivity contribution is -0.130. The predicted molar refractivity (Wildman–Crippen MR) is 203 cm³/mol. The van der Waals surface area contributed by atoms with Crippen LogP contribution in [0.1, 0.15) is 42.6 Å². The highest BCUT2D eigenvalue weighted by molar-refractivity contribution is 6.06. The second-order valence-electron chi connectivity index (χ2n) is 13.1. The monoisotopic (exact) mass is 796 g/mol. The lowest BCUT2D eigenvalue weighted by Gasteiger charge is -2.31. The molecule has 2 aromatic rings. The van der Waals surface area contributed by atoms with E-state index >= 15 is 0 Å². The van der Waals surface area contributed by atoms with Crippen molar-refractivity contribution in [3.8, 4) is 11.5 Å². The van der Waals surface area contributed by atoms with Crippen LogP contribution in [-0.2, 0) is 39.9 Å². The Hall–Kier alpha value is -5.92. The number of phenols is 1. The Morgan fingerprint density at radius 3 is 2.30 bits per heavy atom. The van der Waals surface area contributed by atoms with Gasteiger partial charge in [-0.15, -0.1) is 0 Å². The fourth-order valence-corrected chi connectivity index (χ4v) is 5.87. The lowest BCUT2D eigenvalue weighted by Crippen LogP contribution is -2.50. The number of nitrogens with one attached hydrogen (secondary N) is 3. The van der Waals surface area contributed by atoms with E-state index in [0.717, 1.165) is 4.90 Å². The van der Waals surface area contributed by atoms with Crippen molar-refractivity contribution >= 4 is 41.1 Å². The minimum Gasteiger partial charge on any atom is -0.504 e. The van der Waals surface area contributed by atoms with Gasteiger partial charge in [0.15, 0.2) is 17.7 Å². The first-order valence-corrected chi connectivity index (χ1v) is 18.1. The number of benzene rings is 2. The van der Waals surface area contributed by atoms with Crippen LogP contribution >= 0.6 is 0 Å². The summed E-state index contributed by atoms with van der Waals surface area (Å²) in [7, 11) is 1.32. The summed E-state index contributed by atoms with van der Waals surface area (Å²) in [6, 6.07) is 6.14. The zero-order valence-corrected chi connectivity index (χ0v) is 32.0. The molecule has 1 saturated heterocycles. The fourth-order valence-electron chi connectivity index (χ4n) is 5.87. The normalized spacial score (nSPS) is 17.0. The molecule has 1 fully saturated rings. The summed E-state index contributed by atoms with van der Waals surface area (Å²) in [6.45, 7) is 8.77. The summed E-state index contributed by atoms with van der Waals surface area (Å²) < 4.78 is 26.6. The molecule has 2 aliphatic rings. The molecule has 57 heavy (non-hydrogen) atoms. The predicted octanol–water partition coefficient (Wildman–Crippen LogP) is 2.34. The number of azide groups is 1. The number of aliphatic hydroxyl groups is 1. The Kier molecular flexibility index (Phi) is 16.4. The van der Waals surface area contributed by atoms with Crippen molar-refractivity contribution in [3.63, 3.8) is 0 Å². The highest BCUT2D eigenvalue weighted by Gasteiger charge is 2.46. The van der Waals surface area contributed by atoms with Crippen molar-refractivity contribution in [1.82, 2.24) is 15.5 Å². The minimum absolute atomic E-state index is 0.0104. The van der Waals surface area contributed by atoms with Gasteiger partial charge < -0.3 is 54.7 Å². The lowest BCUT2D eigenvalue weighted by atomic mass is 10.1. The SMILES string of the molecule is C=C1C[C@H]2C(O)N(C(=O)OCc3ccc(NC(=O)[C@H](C)NC(=O)[C@H](C)NC(=O)CCOCCOCCOCCN=[N+]=[N-])cc3)c3cc(O)c(OC)cc3C(=O)N2C1. The van der Waals surface area contributed by atoms with Crippen LogP contribution < -0.4 is 25.6 Å². The van der Waals surface area contributed by atoms with Gasteiger partial charge in [-0.2, -0.15) is 0 Å². The third-order valence-electron chi connectivity index (χ3n) is 8.87. The summed E-state index contributed by atoms with van der Waals surface area (Å²) >= 11 is 0. The molecule has 0 bridgehead atoms. The molecule has 2 aromatic carbocycles. The van der Waals surface area contributed by atoms with E-state index in [2.05, 4.69) is 32.6 Å². The zero-order valence-electron chi connectivity index (χ0n) is 32.0. The van der Waals surface area contributed by atoms with Crippen molar-refractivity contribution in [1.29, 1.82) is 0 Å². The van der Waals surface area contributed by atoms with E-state index in [1.807, 2.05) is 0 Å².